The molecule has 1 aliphatic heterocycles. The lowest BCUT2D eigenvalue weighted by atomic mass is 9.98. The molecule has 1 aliphatic carbocycles. The Morgan fingerprint density at radius 2 is 2.14 bits per heavy atom. The zero-order valence-corrected chi connectivity index (χ0v) is 12.6. The van der Waals surface area contributed by atoms with Gasteiger partial charge in [0, 0.05) is 31.2 Å². The summed E-state index contributed by atoms with van der Waals surface area (Å²) in [5.41, 5.74) is 3.14. The highest BCUT2D eigenvalue weighted by Gasteiger charge is 2.34. The van der Waals surface area contributed by atoms with Gasteiger partial charge in [0.15, 0.2) is 0 Å². The second-order valence-electron chi connectivity index (χ2n) is 5.89. The predicted molar refractivity (Wildman–Crippen MR) is 85.5 cm³/mol. The third kappa shape index (κ3) is 3.30. The van der Waals surface area contributed by atoms with Gasteiger partial charge >= 0.3 is 6.03 Å². The molecule has 22 heavy (non-hydrogen) atoms. The molecule has 1 fully saturated rings. The van der Waals surface area contributed by atoms with E-state index in [2.05, 4.69) is 17.2 Å². The van der Waals surface area contributed by atoms with Gasteiger partial charge in [0.1, 0.15) is 0 Å². The minimum absolute atomic E-state index is 0.249. The summed E-state index contributed by atoms with van der Waals surface area (Å²) >= 11 is 0. The fourth-order valence-electron chi connectivity index (χ4n) is 2.75. The molecule has 0 radical (unpaired) electrons. The van der Waals surface area contributed by atoms with Crippen LogP contribution in [0.5, 0.6) is 0 Å². The van der Waals surface area contributed by atoms with E-state index in [1.807, 2.05) is 23.1 Å². The fourth-order valence-corrected chi connectivity index (χ4v) is 2.75. The summed E-state index contributed by atoms with van der Waals surface area (Å²) in [7, 11) is 0. The van der Waals surface area contributed by atoms with E-state index in [0.717, 1.165) is 37.1 Å². The Kier molecular flexibility index (Phi) is 4.13. The van der Waals surface area contributed by atoms with Crippen molar-refractivity contribution in [1.82, 2.24) is 10.2 Å². The summed E-state index contributed by atoms with van der Waals surface area (Å²) in [6.07, 6.45) is 4.59. The molecule has 0 unspecified atom stereocenters. The molecule has 1 heterocycles. The first-order valence-corrected chi connectivity index (χ1v) is 7.73. The van der Waals surface area contributed by atoms with Crippen LogP contribution in [0.2, 0.25) is 0 Å². The minimum atomic E-state index is -0.249. The standard InChI is InChI=1S/C17H21N3O2/c1-2-8-18-17(22)19-15-6-5-12-7-9-20(11-14(12)10-15)16(21)13-3-4-13/h2,5-6,10,13H,1,3-4,7-9,11H2,(H2,18,19,22). The summed E-state index contributed by atoms with van der Waals surface area (Å²) in [6.45, 7) is 5.44. The molecule has 5 heteroatoms. The molecule has 3 amide bonds. The Morgan fingerprint density at radius 1 is 1.32 bits per heavy atom. The maximum atomic E-state index is 12.2. The topological polar surface area (TPSA) is 61.4 Å². The molecule has 116 valence electrons. The number of carbonyl (C=O) groups is 2. The number of nitrogens with zero attached hydrogens (tertiary/aromatic N) is 1. The van der Waals surface area contributed by atoms with Gasteiger partial charge in [-0.2, -0.15) is 0 Å². The largest absolute Gasteiger partial charge is 0.338 e. The van der Waals surface area contributed by atoms with Gasteiger partial charge < -0.3 is 15.5 Å². The van der Waals surface area contributed by atoms with Crippen LogP contribution in [-0.4, -0.2) is 29.9 Å². The van der Waals surface area contributed by atoms with E-state index in [9.17, 15) is 9.59 Å². The third-order valence-corrected chi connectivity index (χ3v) is 4.12. The third-order valence-electron chi connectivity index (χ3n) is 4.12. The van der Waals surface area contributed by atoms with Gasteiger partial charge in [0.05, 0.1) is 0 Å². The summed E-state index contributed by atoms with van der Waals surface area (Å²) in [5.74, 6) is 0.542. The Labute approximate surface area is 130 Å². The number of hydrogen-bond acceptors (Lipinski definition) is 2. The highest BCUT2D eigenvalue weighted by atomic mass is 16.2. The van der Waals surface area contributed by atoms with Gasteiger partial charge in [-0.15, -0.1) is 6.58 Å². The number of anilines is 1. The van der Waals surface area contributed by atoms with E-state index < -0.39 is 0 Å². The highest BCUT2D eigenvalue weighted by Crippen LogP contribution is 2.33. The maximum absolute atomic E-state index is 12.2. The molecule has 5 nitrogen and oxygen atoms in total. The van der Waals surface area contributed by atoms with Crippen molar-refractivity contribution in [2.24, 2.45) is 5.92 Å². The first-order chi connectivity index (χ1) is 10.7. The normalized spacial score (nSPS) is 16.6. The van der Waals surface area contributed by atoms with E-state index in [1.165, 1.54) is 5.56 Å². The SMILES string of the molecule is C=CCNC(=O)Nc1ccc2c(c1)CN(C(=O)C1CC1)CC2. The lowest BCUT2D eigenvalue weighted by molar-refractivity contribution is -0.133. The minimum Gasteiger partial charge on any atom is -0.338 e. The second-order valence-corrected chi connectivity index (χ2v) is 5.89. The molecule has 0 bridgehead atoms. The zero-order chi connectivity index (χ0) is 15.5. The van der Waals surface area contributed by atoms with Gasteiger partial charge in [-0.3, -0.25) is 4.79 Å². The number of carbonyl (C=O) groups excluding carboxylic acids is 2. The van der Waals surface area contributed by atoms with Crippen LogP contribution in [0.25, 0.3) is 0 Å². The van der Waals surface area contributed by atoms with Crippen molar-refractivity contribution in [3.8, 4) is 0 Å². The number of amides is 3. The molecule has 0 atom stereocenters. The molecule has 2 N–H and O–H groups in total. The summed E-state index contributed by atoms with van der Waals surface area (Å²) in [5, 5.41) is 5.48. The summed E-state index contributed by atoms with van der Waals surface area (Å²) in [4.78, 5) is 25.8. The van der Waals surface area contributed by atoms with Crippen molar-refractivity contribution in [2.75, 3.05) is 18.4 Å². The van der Waals surface area contributed by atoms with Crippen molar-refractivity contribution >= 4 is 17.6 Å². The molecular weight excluding hydrogens is 278 g/mol. The Hall–Kier alpha value is -2.30. The Morgan fingerprint density at radius 3 is 2.86 bits per heavy atom. The molecule has 2 aliphatic rings. The summed E-state index contributed by atoms with van der Waals surface area (Å²) in [6, 6.07) is 5.67. The average molecular weight is 299 g/mol. The highest BCUT2D eigenvalue weighted by molar-refractivity contribution is 5.89. The van der Waals surface area contributed by atoms with Gasteiger partial charge in [0.2, 0.25) is 5.91 Å². The zero-order valence-electron chi connectivity index (χ0n) is 12.6. The van der Waals surface area contributed by atoms with Crippen LogP contribution in [0.4, 0.5) is 10.5 Å². The van der Waals surface area contributed by atoms with Crippen LogP contribution in [0.15, 0.2) is 30.9 Å². The van der Waals surface area contributed by atoms with E-state index in [1.54, 1.807) is 6.08 Å². The number of nitrogens with one attached hydrogen (secondary N) is 2. The molecule has 1 aromatic carbocycles. The summed E-state index contributed by atoms with van der Waals surface area (Å²) < 4.78 is 0. The van der Waals surface area contributed by atoms with Crippen LogP contribution >= 0.6 is 0 Å². The average Bonchev–Trinajstić information content (AvgIpc) is 3.36. The van der Waals surface area contributed by atoms with E-state index in [4.69, 9.17) is 0 Å². The van der Waals surface area contributed by atoms with Crippen molar-refractivity contribution in [1.29, 1.82) is 0 Å². The van der Waals surface area contributed by atoms with Gasteiger partial charge in [-0.1, -0.05) is 12.1 Å². The Bertz CT molecular complexity index is 608. The van der Waals surface area contributed by atoms with Gasteiger partial charge in [-0.05, 0) is 42.5 Å². The number of urea groups is 1. The second kappa shape index (κ2) is 6.22. The number of benzene rings is 1. The molecule has 0 spiro atoms. The quantitative estimate of drug-likeness (QED) is 0.838. The van der Waals surface area contributed by atoms with Gasteiger partial charge in [0.25, 0.3) is 0 Å². The first kappa shape index (κ1) is 14.6. The molecule has 1 aromatic rings. The molecule has 3 rings (SSSR count). The van der Waals surface area contributed by atoms with Crippen LogP contribution in [0.3, 0.4) is 0 Å². The Balaban J connectivity index is 1.67. The van der Waals surface area contributed by atoms with Crippen LogP contribution in [-0.2, 0) is 17.8 Å². The monoisotopic (exact) mass is 299 g/mol. The molecule has 0 saturated heterocycles. The van der Waals surface area contributed by atoms with Crippen LogP contribution in [0, 0.1) is 5.92 Å². The van der Waals surface area contributed by atoms with Crippen molar-refractivity contribution in [3.63, 3.8) is 0 Å². The lowest BCUT2D eigenvalue weighted by Crippen LogP contribution is -2.37. The first-order valence-electron chi connectivity index (χ1n) is 7.73. The number of hydrogen-bond donors (Lipinski definition) is 2. The van der Waals surface area contributed by atoms with Crippen LogP contribution in [0.1, 0.15) is 24.0 Å². The van der Waals surface area contributed by atoms with E-state index >= 15 is 0 Å². The van der Waals surface area contributed by atoms with Gasteiger partial charge in [-0.25, -0.2) is 4.79 Å². The van der Waals surface area contributed by atoms with Crippen molar-refractivity contribution in [2.45, 2.75) is 25.8 Å². The lowest BCUT2D eigenvalue weighted by Gasteiger charge is -2.29. The fraction of sp³-hybridized carbons (Fsp3) is 0.412. The molecular formula is C17H21N3O2. The molecule has 1 saturated carbocycles. The van der Waals surface area contributed by atoms with E-state index in [-0.39, 0.29) is 17.9 Å². The maximum Gasteiger partial charge on any atom is 0.319 e. The smallest absolute Gasteiger partial charge is 0.319 e. The van der Waals surface area contributed by atoms with Crippen molar-refractivity contribution in [3.05, 3.63) is 42.0 Å². The molecule has 0 aromatic heterocycles. The van der Waals surface area contributed by atoms with Crippen molar-refractivity contribution < 1.29 is 9.59 Å². The van der Waals surface area contributed by atoms with Crippen LogP contribution < -0.4 is 10.6 Å². The predicted octanol–water partition coefficient (Wildman–Crippen LogP) is 2.29. The van der Waals surface area contributed by atoms with E-state index in [0.29, 0.717) is 13.1 Å². The number of rotatable bonds is 4. The number of fused-ring (bicyclic) bond motifs is 1.